The molecule has 0 amide bonds. The highest BCUT2D eigenvalue weighted by atomic mass is 35.5. The largest absolute Gasteiger partial charge is 0.419 e. The third-order valence-electron chi connectivity index (χ3n) is 5.03. The number of halogens is 5. The molecule has 0 radical (unpaired) electrons. The second-order valence-corrected chi connectivity index (χ2v) is 9.43. The molecule has 4 rings (SSSR count). The van der Waals surface area contributed by atoms with Crippen molar-refractivity contribution in [1.82, 2.24) is 15.0 Å². The van der Waals surface area contributed by atoms with E-state index in [9.17, 15) is 17.6 Å². The van der Waals surface area contributed by atoms with Gasteiger partial charge in [0.1, 0.15) is 18.0 Å². The Morgan fingerprint density at radius 2 is 1.94 bits per heavy atom. The van der Waals surface area contributed by atoms with E-state index in [0.29, 0.717) is 28.1 Å². The number of benzene rings is 1. The first kappa shape index (κ1) is 21.8. The summed E-state index contributed by atoms with van der Waals surface area (Å²) >= 11 is 6.38. The SMILES string of the molecule is C=S1CCN(c2cc3c(NCc4cccc(C(F)(F)F)c4F)ncnc3nc2Cl)CC1. The highest BCUT2D eigenvalue weighted by molar-refractivity contribution is 8.14. The second-order valence-electron chi connectivity index (χ2n) is 7.03. The quantitative estimate of drug-likeness (QED) is 0.331. The van der Waals surface area contributed by atoms with Crippen molar-refractivity contribution in [2.75, 3.05) is 34.8 Å². The summed E-state index contributed by atoms with van der Waals surface area (Å²) in [7, 11) is 0.134. The second kappa shape index (κ2) is 8.58. The maximum atomic E-state index is 14.3. The average Bonchev–Trinajstić information content (AvgIpc) is 2.72. The van der Waals surface area contributed by atoms with Gasteiger partial charge in [0, 0.05) is 36.7 Å². The fourth-order valence-electron chi connectivity index (χ4n) is 3.36. The predicted molar refractivity (Wildman–Crippen MR) is 118 cm³/mol. The fourth-order valence-corrected chi connectivity index (χ4v) is 4.78. The average molecular weight is 472 g/mol. The number of nitrogens with one attached hydrogen (secondary N) is 1. The van der Waals surface area contributed by atoms with E-state index < -0.39 is 17.6 Å². The molecule has 0 atom stereocenters. The monoisotopic (exact) mass is 471 g/mol. The van der Waals surface area contributed by atoms with Gasteiger partial charge in [0.15, 0.2) is 10.8 Å². The minimum absolute atomic E-state index is 0.123. The molecule has 1 aliphatic rings. The van der Waals surface area contributed by atoms with Gasteiger partial charge in [-0.2, -0.15) is 23.7 Å². The minimum Gasteiger partial charge on any atom is -0.367 e. The lowest BCUT2D eigenvalue weighted by atomic mass is 10.1. The van der Waals surface area contributed by atoms with Gasteiger partial charge in [-0.05, 0) is 12.1 Å². The molecule has 0 saturated carbocycles. The van der Waals surface area contributed by atoms with Gasteiger partial charge in [0.2, 0.25) is 0 Å². The van der Waals surface area contributed by atoms with Crippen LogP contribution in [-0.4, -0.2) is 45.4 Å². The van der Waals surface area contributed by atoms with E-state index in [-0.39, 0.29) is 22.6 Å². The Morgan fingerprint density at radius 3 is 2.65 bits per heavy atom. The molecule has 1 N–H and O–H groups in total. The Morgan fingerprint density at radius 1 is 1.19 bits per heavy atom. The lowest BCUT2D eigenvalue weighted by molar-refractivity contribution is -0.140. The molecule has 164 valence electrons. The summed E-state index contributed by atoms with van der Waals surface area (Å²) in [5.41, 5.74) is -0.356. The predicted octanol–water partition coefficient (Wildman–Crippen LogP) is 4.97. The lowest BCUT2D eigenvalue weighted by Crippen LogP contribution is -2.33. The molecule has 5 nitrogen and oxygen atoms in total. The minimum atomic E-state index is -4.76. The molecular formula is C20H18ClF4N5S. The van der Waals surface area contributed by atoms with Crippen LogP contribution in [0.4, 0.5) is 29.1 Å². The number of nitrogens with zero attached hydrogens (tertiary/aromatic N) is 4. The summed E-state index contributed by atoms with van der Waals surface area (Å²) in [5, 5.41) is 3.77. The molecule has 3 aromatic rings. The Kier molecular flexibility index (Phi) is 6.02. The molecule has 0 bridgehead atoms. The van der Waals surface area contributed by atoms with Crippen LogP contribution in [0, 0.1) is 5.82 Å². The van der Waals surface area contributed by atoms with Crippen LogP contribution in [-0.2, 0) is 12.7 Å². The van der Waals surface area contributed by atoms with Gasteiger partial charge in [0.05, 0.1) is 16.6 Å². The van der Waals surface area contributed by atoms with Gasteiger partial charge in [0.25, 0.3) is 0 Å². The molecule has 3 heterocycles. The fraction of sp³-hybridized carbons (Fsp3) is 0.300. The highest BCUT2D eigenvalue weighted by Gasteiger charge is 2.34. The lowest BCUT2D eigenvalue weighted by Gasteiger charge is -2.31. The molecule has 1 aromatic carbocycles. The van der Waals surface area contributed by atoms with Crippen LogP contribution in [0.2, 0.25) is 5.15 Å². The van der Waals surface area contributed by atoms with Crippen molar-refractivity contribution < 1.29 is 17.6 Å². The number of hydrogen-bond acceptors (Lipinski definition) is 5. The molecule has 1 saturated heterocycles. The number of fused-ring (bicyclic) bond motifs is 1. The van der Waals surface area contributed by atoms with Gasteiger partial charge in [-0.3, -0.25) is 0 Å². The summed E-state index contributed by atoms with van der Waals surface area (Å²) in [6.45, 7) is 1.41. The number of alkyl halides is 3. The van der Waals surface area contributed by atoms with E-state index in [2.05, 4.69) is 31.0 Å². The third-order valence-corrected chi connectivity index (χ3v) is 6.83. The number of rotatable bonds is 4. The first-order valence-corrected chi connectivity index (χ1v) is 11.5. The molecule has 31 heavy (non-hydrogen) atoms. The summed E-state index contributed by atoms with van der Waals surface area (Å²) in [6.07, 6.45) is -3.50. The van der Waals surface area contributed by atoms with Crippen molar-refractivity contribution in [2.45, 2.75) is 12.7 Å². The Bertz CT molecular complexity index is 1140. The molecule has 0 aliphatic carbocycles. The third kappa shape index (κ3) is 4.59. The Balaban J connectivity index is 1.64. The van der Waals surface area contributed by atoms with E-state index in [0.717, 1.165) is 30.3 Å². The van der Waals surface area contributed by atoms with Crippen molar-refractivity contribution in [3.63, 3.8) is 0 Å². The zero-order chi connectivity index (χ0) is 22.2. The van der Waals surface area contributed by atoms with Crippen LogP contribution in [0.15, 0.2) is 30.6 Å². The molecule has 1 aliphatic heterocycles. The van der Waals surface area contributed by atoms with E-state index in [1.54, 1.807) is 0 Å². The van der Waals surface area contributed by atoms with Gasteiger partial charge in [-0.1, -0.05) is 29.6 Å². The molecule has 1 fully saturated rings. The van der Waals surface area contributed by atoms with E-state index in [4.69, 9.17) is 11.6 Å². The molecule has 0 spiro atoms. The zero-order valence-corrected chi connectivity index (χ0v) is 17.8. The van der Waals surface area contributed by atoms with Gasteiger partial charge in [-0.25, -0.2) is 19.3 Å². The number of pyridine rings is 1. The van der Waals surface area contributed by atoms with E-state index in [1.807, 2.05) is 6.07 Å². The maximum absolute atomic E-state index is 14.3. The normalized spacial score (nSPS) is 15.5. The smallest absolute Gasteiger partial charge is 0.367 e. The summed E-state index contributed by atoms with van der Waals surface area (Å²) < 4.78 is 53.3. The van der Waals surface area contributed by atoms with Gasteiger partial charge < -0.3 is 10.2 Å². The van der Waals surface area contributed by atoms with Crippen LogP contribution in [0.5, 0.6) is 0 Å². The van der Waals surface area contributed by atoms with Crippen molar-refractivity contribution in [3.8, 4) is 0 Å². The van der Waals surface area contributed by atoms with Crippen LogP contribution in [0.3, 0.4) is 0 Å². The van der Waals surface area contributed by atoms with Crippen molar-refractivity contribution in [1.29, 1.82) is 0 Å². The molecule has 2 aromatic heterocycles. The summed E-state index contributed by atoms with van der Waals surface area (Å²) in [6, 6.07) is 4.99. The van der Waals surface area contributed by atoms with Crippen LogP contribution in [0.1, 0.15) is 11.1 Å². The molecule has 11 heteroatoms. The van der Waals surface area contributed by atoms with Crippen molar-refractivity contribution in [2.24, 2.45) is 0 Å². The Hall–Kier alpha value is -2.46. The summed E-state index contributed by atoms with van der Waals surface area (Å²) in [5.74, 6) is 5.06. The van der Waals surface area contributed by atoms with E-state index >= 15 is 0 Å². The Labute approximate surface area is 183 Å². The highest BCUT2D eigenvalue weighted by Crippen LogP contribution is 2.34. The van der Waals surface area contributed by atoms with Crippen LogP contribution >= 0.6 is 22.1 Å². The number of anilines is 2. The van der Waals surface area contributed by atoms with Gasteiger partial charge >= 0.3 is 6.18 Å². The van der Waals surface area contributed by atoms with Crippen molar-refractivity contribution in [3.05, 3.63) is 52.7 Å². The van der Waals surface area contributed by atoms with Crippen molar-refractivity contribution >= 4 is 50.5 Å². The first-order chi connectivity index (χ1) is 14.7. The topological polar surface area (TPSA) is 53.9 Å². The standard InChI is InChI=1S/C20H18ClF4N5S/c1-31-7-5-30(6-8-31)15-9-13-18(27-11-28-19(13)29-17(15)21)26-10-12-3-2-4-14(16(12)22)20(23,24)25/h2-4,9,11H,1,5-8,10H2,(H,26,27,28,29). The summed E-state index contributed by atoms with van der Waals surface area (Å²) in [4.78, 5) is 14.8. The maximum Gasteiger partial charge on any atom is 0.419 e. The van der Waals surface area contributed by atoms with Crippen LogP contribution in [0.25, 0.3) is 11.0 Å². The van der Waals surface area contributed by atoms with E-state index in [1.165, 1.54) is 18.5 Å². The van der Waals surface area contributed by atoms with Crippen LogP contribution < -0.4 is 10.2 Å². The molecule has 0 unspecified atom stereocenters. The van der Waals surface area contributed by atoms with Gasteiger partial charge in [-0.15, -0.1) is 0 Å². The number of hydrogen-bond donors (Lipinski definition) is 1. The molecular weight excluding hydrogens is 454 g/mol. The number of aromatic nitrogens is 3. The first-order valence-electron chi connectivity index (χ1n) is 9.36. The zero-order valence-electron chi connectivity index (χ0n) is 16.2.